The largest absolute Gasteiger partial charge is 0.488 e. The molecular formula is C16H19ClN2O. The molecule has 20 heavy (non-hydrogen) atoms. The minimum absolute atomic E-state index is 0.488. The van der Waals surface area contributed by atoms with Crippen molar-refractivity contribution in [3.63, 3.8) is 0 Å². The van der Waals surface area contributed by atoms with Crippen LogP contribution in [0.5, 0.6) is 5.75 Å². The highest BCUT2D eigenvalue weighted by Crippen LogP contribution is 2.23. The standard InChI is InChI=1S/C16H19ClN2O/c1-3-8-18-16-13(5-4-9-19-16)11-20-15-7-6-14(17)10-12(15)2/h4-7,9-10H,3,8,11H2,1-2H3,(H,18,19). The van der Waals surface area contributed by atoms with E-state index < -0.39 is 0 Å². The second-order valence-corrected chi connectivity index (χ2v) is 5.07. The third-order valence-electron chi connectivity index (χ3n) is 2.95. The van der Waals surface area contributed by atoms with E-state index in [1.807, 2.05) is 37.3 Å². The lowest BCUT2D eigenvalue weighted by Crippen LogP contribution is -2.07. The van der Waals surface area contributed by atoms with E-state index >= 15 is 0 Å². The second kappa shape index (κ2) is 7.15. The zero-order chi connectivity index (χ0) is 14.4. The van der Waals surface area contributed by atoms with Gasteiger partial charge in [0, 0.05) is 23.3 Å². The van der Waals surface area contributed by atoms with Crippen LogP contribution in [-0.4, -0.2) is 11.5 Å². The van der Waals surface area contributed by atoms with Gasteiger partial charge in [0.2, 0.25) is 0 Å². The van der Waals surface area contributed by atoms with Gasteiger partial charge in [0.05, 0.1) is 0 Å². The van der Waals surface area contributed by atoms with Crippen LogP contribution in [0.3, 0.4) is 0 Å². The summed E-state index contributed by atoms with van der Waals surface area (Å²) in [4.78, 5) is 4.35. The summed E-state index contributed by atoms with van der Waals surface area (Å²) in [5, 5.41) is 4.03. The molecule has 0 amide bonds. The normalized spacial score (nSPS) is 10.3. The zero-order valence-electron chi connectivity index (χ0n) is 11.8. The summed E-state index contributed by atoms with van der Waals surface area (Å²) in [5.41, 5.74) is 2.08. The van der Waals surface area contributed by atoms with Crippen LogP contribution in [-0.2, 0) is 6.61 Å². The van der Waals surface area contributed by atoms with Gasteiger partial charge in [-0.3, -0.25) is 0 Å². The van der Waals surface area contributed by atoms with E-state index in [-0.39, 0.29) is 0 Å². The highest BCUT2D eigenvalue weighted by Gasteiger charge is 2.05. The summed E-state index contributed by atoms with van der Waals surface area (Å²) >= 11 is 5.94. The Labute approximate surface area is 124 Å². The highest BCUT2D eigenvalue weighted by molar-refractivity contribution is 6.30. The van der Waals surface area contributed by atoms with Gasteiger partial charge in [-0.1, -0.05) is 24.6 Å². The molecule has 1 heterocycles. The number of halogens is 1. The molecule has 1 aromatic heterocycles. The number of pyridine rings is 1. The van der Waals surface area contributed by atoms with Crippen LogP contribution in [0, 0.1) is 6.92 Å². The van der Waals surface area contributed by atoms with E-state index in [9.17, 15) is 0 Å². The first kappa shape index (κ1) is 14.7. The number of nitrogens with one attached hydrogen (secondary N) is 1. The average Bonchev–Trinajstić information content (AvgIpc) is 2.45. The average molecular weight is 291 g/mol. The van der Waals surface area contributed by atoms with Gasteiger partial charge in [-0.2, -0.15) is 0 Å². The summed E-state index contributed by atoms with van der Waals surface area (Å²) < 4.78 is 5.86. The Balaban J connectivity index is 2.06. The van der Waals surface area contributed by atoms with Crippen molar-refractivity contribution in [1.82, 2.24) is 4.98 Å². The van der Waals surface area contributed by atoms with Crippen molar-refractivity contribution >= 4 is 17.4 Å². The molecule has 2 aromatic rings. The molecule has 106 valence electrons. The maximum Gasteiger partial charge on any atom is 0.132 e. The van der Waals surface area contributed by atoms with Gasteiger partial charge in [-0.25, -0.2) is 4.98 Å². The van der Waals surface area contributed by atoms with Gasteiger partial charge in [0.1, 0.15) is 18.2 Å². The summed E-state index contributed by atoms with van der Waals surface area (Å²) in [6, 6.07) is 9.58. The van der Waals surface area contributed by atoms with Crippen LogP contribution in [0.2, 0.25) is 5.02 Å². The smallest absolute Gasteiger partial charge is 0.132 e. The Morgan fingerprint density at radius 1 is 1.30 bits per heavy atom. The minimum atomic E-state index is 0.488. The van der Waals surface area contributed by atoms with E-state index in [2.05, 4.69) is 17.2 Å². The maximum absolute atomic E-state index is 5.94. The second-order valence-electron chi connectivity index (χ2n) is 4.64. The number of nitrogens with zero attached hydrogens (tertiary/aromatic N) is 1. The Kier molecular flexibility index (Phi) is 5.24. The van der Waals surface area contributed by atoms with Crippen molar-refractivity contribution in [3.05, 3.63) is 52.7 Å². The quantitative estimate of drug-likeness (QED) is 0.854. The number of benzene rings is 1. The fourth-order valence-corrected chi connectivity index (χ4v) is 2.11. The summed E-state index contributed by atoms with van der Waals surface area (Å²) in [5.74, 6) is 1.74. The van der Waals surface area contributed by atoms with Gasteiger partial charge in [0.15, 0.2) is 0 Å². The number of hydrogen-bond acceptors (Lipinski definition) is 3. The minimum Gasteiger partial charge on any atom is -0.488 e. The molecular weight excluding hydrogens is 272 g/mol. The lowest BCUT2D eigenvalue weighted by atomic mass is 10.2. The molecule has 4 heteroatoms. The maximum atomic E-state index is 5.94. The predicted molar refractivity (Wildman–Crippen MR) is 83.5 cm³/mol. The summed E-state index contributed by atoms with van der Waals surface area (Å²) in [7, 11) is 0. The van der Waals surface area contributed by atoms with Crippen LogP contribution < -0.4 is 10.1 Å². The molecule has 0 saturated carbocycles. The lowest BCUT2D eigenvalue weighted by molar-refractivity contribution is 0.304. The number of aromatic nitrogens is 1. The first-order valence-electron chi connectivity index (χ1n) is 6.77. The van der Waals surface area contributed by atoms with Gasteiger partial charge in [0.25, 0.3) is 0 Å². The van der Waals surface area contributed by atoms with Crippen molar-refractivity contribution in [1.29, 1.82) is 0 Å². The first-order valence-corrected chi connectivity index (χ1v) is 7.15. The molecule has 0 bridgehead atoms. The molecule has 0 atom stereocenters. The van der Waals surface area contributed by atoms with Gasteiger partial charge in [-0.05, 0) is 43.2 Å². The molecule has 1 N–H and O–H groups in total. The van der Waals surface area contributed by atoms with Crippen molar-refractivity contribution in [2.24, 2.45) is 0 Å². The van der Waals surface area contributed by atoms with Crippen molar-refractivity contribution in [2.75, 3.05) is 11.9 Å². The molecule has 0 fully saturated rings. The molecule has 3 nitrogen and oxygen atoms in total. The molecule has 0 unspecified atom stereocenters. The molecule has 0 radical (unpaired) electrons. The van der Waals surface area contributed by atoms with Crippen LogP contribution in [0.4, 0.5) is 5.82 Å². The molecule has 2 rings (SSSR count). The van der Waals surface area contributed by atoms with Gasteiger partial charge < -0.3 is 10.1 Å². The predicted octanol–water partition coefficient (Wildman–Crippen LogP) is 4.44. The summed E-state index contributed by atoms with van der Waals surface area (Å²) in [6.07, 6.45) is 2.85. The number of ether oxygens (including phenoxy) is 1. The molecule has 0 aliphatic rings. The molecule has 0 aliphatic carbocycles. The molecule has 1 aromatic carbocycles. The number of hydrogen-bond donors (Lipinski definition) is 1. The van der Waals surface area contributed by atoms with Crippen molar-refractivity contribution in [2.45, 2.75) is 26.9 Å². The van der Waals surface area contributed by atoms with Crippen LogP contribution >= 0.6 is 11.6 Å². The zero-order valence-corrected chi connectivity index (χ0v) is 12.6. The Bertz CT molecular complexity index is 572. The topological polar surface area (TPSA) is 34.2 Å². The highest BCUT2D eigenvalue weighted by atomic mass is 35.5. The third kappa shape index (κ3) is 3.87. The summed E-state index contributed by atoms with van der Waals surface area (Å²) in [6.45, 7) is 5.51. The van der Waals surface area contributed by atoms with E-state index in [0.29, 0.717) is 6.61 Å². The Morgan fingerprint density at radius 2 is 2.15 bits per heavy atom. The lowest BCUT2D eigenvalue weighted by Gasteiger charge is -2.13. The third-order valence-corrected chi connectivity index (χ3v) is 3.19. The number of rotatable bonds is 6. The van der Waals surface area contributed by atoms with Gasteiger partial charge >= 0.3 is 0 Å². The molecule has 0 aliphatic heterocycles. The van der Waals surface area contributed by atoms with Crippen LogP contribution in [0.25, 0.3) is 0 Å². The Morgan fingerprint density at radius 3 is 2.90 bits per heavy atom. The Hall–Kier alpha value is -1.74. The van der Waals surface area contributed by atoms with Crippen LogP contribution in [0.1, 0.15) is 24.5 Å². The fraction of sp³-hybridized carbons (Fsp3) is 0.312. The number of anilines is 1. The monoisotopic (exact) mass is 290 g/mol. The van der Waals surface area contributed by atoms with E-state index in [4.69, 9.17) is 16.3 Å². The van der Waals surface area contributed by atoms with Crippen molar-refractivity contribution < 1.29 is 4.74 Å². The van der Waals surface area contributed by atoms with Gasteiger partial charge in [-0.15, -0.1) is 0 Å². The van der Waals surface area contributed by atoms with E-state index in [0.717, 1.165) is 40.7 Å². The van der Waals surface area contributed by atoms with E-state index in [1.165, 1.54) is 0 Å². The van der Waals surface area contributed by atoms with E-state index in [1.54, 1.807) is 6.20 Å². The fourth-order valence-electron chi connectivity index (χ4n) is 1.89. The molecule has 0 spiro atoms. The van der Waals surface area contributed by atoms with Crippen LogP contribution in [0.15, 0.2) is 36.5 Å². The number of aryl methyl sites for hydroxylation is 1. The molecule has 0 saturated heterocycles. The van der Waals surface area contributed by atoms with Crippen molar-refractivity contribution in [3.8, 4) is 5.75 Å². The first-order chi connectivity index (χ1) is 9.70. The SMILES string of the molecule is CCCNc1ncccc1COc1ccc(Cl)cc1C.